The van der Waals surface area contributed by atoms with Crippen LogP contribution in [0.5, 0.6) is 0 Å². The molecule has 0 radical (unpaired) electrons. The molecule has 7 heteroatoms. The van der Waals surface area contributed by atoms with Gasteiger partial charge in [0.15, 0.2) is 15.7 Å². The fourth-order valence-electron chi connectivity index (χ4n) is 1.52. The number of benzene rings is 1. The fourth-order valence-corrected chi connectivity index (χ4v) is 2.00. The molecule has 0 saturated heterocycles. The van der Waals surface area contributed by atoms with Crippen LogP contribution in [0.15, 0.2) is 22.7 Å². The Morgan fingerprint density at radius 3 is 2.63 bits per heavy atom. The van der Waals surface area contributed by atoms with E-state index in [0.29, 0.717) is 11.3 Å². The van der Waals surface area contributed by atoms with Crippen LogP contribution >= 0.6 is 0 Å². The van der Waals surface area contributed by atoms with Gasteiger partial charge in [-0.15, -0.1) is 0 Å². The summed E-state index contributed by atoms with van der Waals surface area (Å²) in [4.78, 5) is 4.12. The zero-order chi connectivity index (χ0) is 14.2. The van der Waals surface area contributed by atoms with Gasteiger partial charge in [0.2, 0.25) is 0 Å². The maximum Gasteiger partial charge on any atom is 0.257 e. The quantitative estimate of drug-likeness (QED) is 0.860. The molecule has 1 aromatic carbocycles. The van der Waals surface area contributed by atoms with Crippen LogP contribution < -0.4 is 5.73 Å². The minimum Gasteiger partial charge on any atom is -0.399 e. The van der Waals surface area contributed by atoms with Gasteiger partial charge in [-0.05, 0) is 37.6 Å². The van der Waals surface area contributed by atoms with Crippen LogP contribution in [0.4, 0.5) is 5.69 Å². The second-order valence-electron chi connectivity index (χ2n) is 4.50. The third-order valence-electron chi connectivity index (χ3n) is 2.96. The molecule has 19 heavy (non-hydrogen) atoms. The fraction of sp³-hybridized carbons (Fsp3) is 0.333. The molecule has 102 valence electrons. The molecule has 0 spiro atoms. The lowest BCUT2D eigenvalue weighted by atomic mass is 10.1. The van der Waals surface area contributed by atoms with Crippen molar-refractivity contribution in [1.82, 2.24) is 10.1 Å². The van der Waals surface area contributed by atoms with Crippen molar-refractivity contribution in [2.45, 2.75) is 19.1 Å². The number of aryl methyl sites for hydroxylation is 1. The largest absolute Gasteiger partial charge is 0.399 e. The zero-order valence-corrected chi connectivity index (χ0v) is 11.7. The highest BCUT2D eigenvalue weighted by molar-refractivity contribution is 7.90. The normalized spacial score (nSPS) is 13.4. The van der Waals surface area contributed by atoms with Gasteiger partial charge in [-0.1, -0.05) is 5.16 Å². The number of hydrogen-bond donors (Lipinski definition) is 1. The number of hydrogen-bond acceptors (Lipinski definition) is 6. The Bertz CT molecular complexity index is 707. The number of nitrogen functional groups attached to an aromatic ring is 1. The second kappa shape index (κ2) is 4.65. The van der Waals surface area contributed by atoms with E-state index in [0.717, 1.165) is 11.8 Å². The van der Waals surface area contributed by atoms with Gasteiger partial charge >= 0.3 is 0 Å². The Kier molecular flexibility index (Phi) is 3.32. The van der Waals surface area contributed by atoms with Crippen molar-refractivity contribution in [2.24, 2.45) is 0 Å². The molecule has 1 atom stereocenters. The lowest BCUT2D eigenvalue weighted by molar-refractivity contribution is 0.421. The first kappa shape index (κ1) is 13.5. The molecule has 1 aromatic heterocycles. The van der Waals surface area contributed by atoms with E-state index in [1.165, 1.54) is 6.92 Å². The number of anilines is 1. The van der Waals surface area contributed by atoms with E-state index in [4.69, 9.17) is 10.3 Å². The van der Waals surface area contributed by atoms with Gasteiger partial charge in [0.1, 0.15) is 5.25 Å². The van der Waals surface area contributed by atoms with E-state index >= 15 is 0 Å². The van der Waals surface area contributed by atoms with Crippen LogP contribution in [-0.2, 0) is 9.84 Å². The topological polar surface area (TPSA) is 99.1 Å². The first-order valence-electron chi connectivity index (χ1n) is 5.68. The molecule has 0 aliphatic rings. The summed E-state index contributed by atoms with van der Waals surface area (Å²) >= 11 is 0. The lowest BCUT2D eigenvalue weighted by Crippen LogP contribution is -2.09. The molecule has 0 fully saturated rings. The average Bonchev–Trinajstić information content (AvgIpc) is 2.79. The highest BCUT2D eigenvalue weighted by Crippen LogP contribution is 2.25. The van der Waals surface area contributed by atoms with Crippen molar-refractivity contribution < 1.29 is 12.9 Å². The molecule has 0 amide bonds. The zero-order valence-electron chi connectivity index (χ0n) is 10.9. The minimum atomic E-state index is -3.24. The molecular formula is C12H15N3O3S. The van der Waals surface area contributed by atoms with Crippen LogP contribution in [0.25, 0.3) is 11.5 Å². The molecule has 0 bridgehead atoms. The second-order valence-corrected chi connectivity index (χ2v) is 6.87. The van der Waals surface area contributed by atoms with Crippen LogP contribution in [0.3, 0.4) is 0 Å². The smallest absolute Gasteiger partial charge is 0.257 e. The van der Waals surface area contributed by atoms with E-state index < -0.39 is 15.1 Å². The van der Waals surface area contributed by atoms with Crippen molar-refractivity contribution in [3.63, 3.8) is 0 Å². The molecule has 1 unspecified atom stereocenters. The molecular weight excluding hydrogens is 266 g/mol. The van der Waals surface area contributed by atoms with Crippen molar-refractivity contribution in [1.29, 1.82) is 0 Å². The third kappa shape index (κ3) is 2.76. The van der Waals surface area contributed by atoms with Crippen molar-refractivity contribution >= 4 is 15.5 Å². The summed E-state index contributed by atoms with van der Waals surface area (Å²) in [5, 5.41) is 2.92. The molecule has 2 aromatic rings. The molecule has 6 nitrogen and oxygen atoms in total. The highest BCUT2D eigenvalue weighted by Gasteiger charge is 2.23. The van der Waals surface area contributed by atoms with Gasteiger partial charge in [-0.25, -0.2) is 8.42 Å². The molecule has 0 aliphatic carbocycles. The van der Waals surface area contributed by atoms with Gasteiger partial charge in [0, 0.05) is 17.5 Å². The number of nitrogens with zero attached hydrogens (tertiary/aromatic N) is 2. The van der Waals surface area contributed by atoms with Crippen LogP contribution in [0.2, 0.25) is 0 Å². The predicted molar refractivity (Wildman–Crippen MR) is 72.1 cm³/mol. The summed E-state index contributed by atoms with van der Waals surface area (Å²) < 4.78 is 28.0. The average molecular weight is 281 g/mol. The van der Waals surface area contributed by atoms with Crippen molar-refractivity contribution in [3.8, 4) is 11.5 Å². The lowest BCUT2D eigenvalue weighted by Gasteiger charge is -2.02. The van der Waals surface area contributed by atoms with E-state index in [1.54, 1.807) is 12.1 Å². The summed E-state index contributed by atoms with van der Waals surface area (Å²) in [6.45, 7) is 3.40. The maximum absolute atomic E-state index is 11.4. The first-order valence-corrected chi connectivity index (χ1v) is 7.63. The maximum atomic E-state index is 11.4. The van der Waals surface area contributed by atoms with Crippen LogP contribution in [-0.4, -0.2) is 24.8 Å². The molecule has 0 saturated carbocycles. The Morgan fingerprint density at radius 1 is 1.37 bits per heavy atom. The Labute approximate surface area is 111 Å². The number of rotatable bonds is 3. The van der Waals surface area contributed by atoms with Crippen LogP contribution in [0, 0.1) is 6.92 Å². The predicted octanol–water partition coefficient (Wildman–Crippen LogP) is 1.73. The van der Waals surface area contributed by atoms with Gasteiger partial charge in [0.05, 0.1) is 0 Å². The highest BCUT2D eigenvalue weighted by atomic mass is 32.2. The molecule has 1 heterocycles. The Balaban J connectivity index is 2.38. The SMILES string of the molecule is Cc1cc(-c2nc(C(C)S(C)(=O)=O)no2)ccc1N. The third-order valence-corrected chi connectivity index (χ3v) is 4.46. The summed E-state index contributed by atoms with van der Waals surface area (Å²) in [7, 11) is -3.24. The molecule has 2 rings (SSSR count). The van der Waals surface area contributed by atoms with E-state index in [9.17, 15) is 8.42 Å². The summed E-state index contributed by atoms with van der Waals surface area (Å²) in [6, 6.07) is 5.32. The van der Waals surface area contributed by atoms with E-state index in [2.05, 4.69) is 10.1 Å². The summed E-state index contributed by atoms with van der Waals surface area (Å²) in [6.07, 6.45) is 1.14. The van der Waals surface area contributed by atoms with Gasteiger partial charge in [0.25, 0.3) is 5.89 Å². The van der Waals surface area contributed by atoms with Crippen molar-refractivity contribution in [3.05, 3.63) is 29.6 Å². The van der Waals surface area contributed by atoms with Crippen molar-refractivity contribution in [2.75, 3.05) is 12.0 Å². The summed E-state index contributed by atoms with van der Waals surface area (Å²) in [5.74, 6) is 0.445. The Hall–Kier alpha value is -1.89. The van der Waals surface area contributed by atoms with E-state index in [-0.39, 0.29) is 11.7 Å². The van der Waals surface area contributed by atoms with Gasteiger partial charge < -0.3 is 10.3 Å². The van der Waals surface area contributed by atoms with Gasteiger partial charge in [-0.3, -0.25) is 0 Å². The Morgan fingerprint density at radius 2 is 2.05 bits per heavy atom. The summed E-state index contributed by atoms with van der Waals surface area (Å²) in [5.41, 5.74) is 8.02. The first-order chi connectivity index (χ1) is 8.79. The number of nitrogens with two attached hydrogens (primary N) is 1. The number of sulfone groups is 1. The molecule has 2 N–H and O–H groups in total. The van der Waals surface area contributed by atoms with Crippen LogP contribution in [0.1, 0.15) is 23.6 Å². The standard InChI is InChI=1S/C12H15N3O3S/c1-7-6-9(4-5-10(7)13)12-14-11(15-18-12)8(2)19(3,16)17/h4-6,8H,13H2,1-3H3. The number of aromatic nitrogens is 2. The monoisotopic (exact) mass is 281 g/mol. The molecule has 0 aliphatic heterocycles. The van der Waals surface area contributed by atoms with Gasteiger partial charge in [-0.2, -0.15) is 4.98 Å². The van der Waals surface area contributed by atoms with E-state index in [1.807, 2.05) is 13.0 Å². The minimum absolute atomic E-state index is 0.159.